The van der Waals surface area contributed by atoms with Gasteiger partial charge in [-0.3, -0.25) is 9.59 Å². The van der Waals surface area contributed by atoms with Crippen molar-refractivity contribution in [3.63, 3.8) is 0 Å². The van der Waals surface area contributed by atoms with Crippen LogP contribution < -0.4 is 5.32 Å². The fraction of sp³-hybridized carbons (Fsp3) is 0.946. The number of carboxylic acid groups (broad SMARTS) is 1. The van der Waals surface area contributed by atoms with E-state index in [-0.39, 0.29) is 6.42 Å². The maximum atomic E-state index is 12.1. The van der Waals surface area contributed by atoms with Gasteiger partial charge in [-0.15, -0.1) is 0 Å². The Morgan fingerprint density at radius 3 is 1.14 bits per heavy atom. The van der Waals surface area contributed by atoms with Crippen LogP contribution in [-0.2, 0) is 14.3 Å². The van der Waals surface area contributed by atoms with E-state index in [1.165, 1.54) is 161 Å². The standard InChI is InChI=1S/C37H73NO4/c1-3-5-7-9-11-13-15-17-19-21-23-25-27-29-31-33-42-36(39)34-35(37(40)41)38-32-30-28-26-24-22-20-18-16-14-12-10-8-6-4-2/h35,38H,3-34H2,1-2H3,(H,40,41). The van der Waals surface area contributed by atoms with Gasteiger partial charge in [0.15, 0.2) is 0 Å². The molecule has 2 N–H and O–H groups in total. The fourth-order valence-electron chi connectivity index (χ4n) is 5.73. The Morgan fingerprint density at radius 1 is 0.500 bits per heavy atom. The third kappa shape index (κ3) is 31.8. The summed E-state index contributed by atoms with van der Waals surface area (Å²) in [4.78, 5) is 23.7. The molecule has 5 heteroatoms. The van der Waals surface area contributed by atoms with Crippen molar-refractivity contribution in [2.24, 2.45) is 0 Å². The van der Waals surface area contributed by atoms with Gasteiger partial charge in [0.05, 0.1) is 13.0 Å². The second kappa shape index (κ2) is 34.4. The normalized spacial score (nSPS) is 12.0. The molecule has 5 nitrogen and oxygen atoms in total. The Bertz CT molecular complexity index is 568. The Morgan fingerprint density at radius 2 is 0.810 bits per heavy atom. The van der Waals surface area contributed by atoms with E-state index in [0.29, 0.717) is 13.2 Å². The third-order valence-electron chi connectivity index (χ3n) is 8.60. The van der Waals surface area contributed by atoms with Gasteiger partial charge in [-0.05, 0) is 19.4 Å². The number of unbranched alkanes of at least 4 members (excludes halogenated alkanes) is 27. The highest BCUT2D eigenvalue weighted by Crippen LogP contribution is 2.14. The average molecular weight is 596 g/mol. The van der Waals surface area contributed by atoms with Crippen LogP contribution in [0.2, 0.25) is 0 Å². The monoisotopic (exact) mass is 596 g/mol. The van der Waals surface area contributed by atoms with Crippen LogP contribution >= 0.6 is 0 Å². The maximum Gasteiger partial charge on any atom is 0.321 e. The lowest BCUT2D eigenvalue weighted by Crippen LogP contribution is -2.39. The highest BCUT2D eigenvalue weighted by Gasteiger charge is 2.21. The predicted octanol–water partition coefficient (Wildman–Crippen LogP) is 11.3. The van der Waals surface area contributed by atoms with Crippen LogP contribution in [-0.4, -0.2) is 36.2 Å². The number of carboxylic acids is 1. The molecule has 0 bridgehead atoms. The lowest BCUT2D eigenvalue weighted by Gasteiger charge is -2.14. The minimum absolute atomic E-state index is 0.0906. The minimum Gasteiger partial charge on any atom is -0.480 e. The zero-order valence-electron chi connectivity index (χ0n) is 28.4. The number of ether oxygens (including phenoxy) is 1. The minimum atomic E-state index is -0.968. The Labute approximate surface area is 262 Å². The number of aliphatic carboxylic acids is 1. The molecule has 0 heterocycles. The number of nitrogens with one attached hydrogen (secondary N) is 1. The summed E-state index contributed by atoms with van der Waals surface area (Å²) in [6, 6.07) is -0.847. The topological polar surface area (TPSA) is 75.6 Å². The smallest absolute Gasteiger partial charge is 0.321 e. The van der Waals surface area contributed by atoms with Crippen LogP contribution in [0.3, 0.4) is 0 Å². The molecule has 1 atom stereocenters. The van der Waals surface area contributed by atoms with Crippen LogP contribution in [0.25, 0.3) is 0 Å². The first-order chi connectivity index (χ1) is 20.6. The molecule has 0 aliphatic heterocycles. The van der Waals surface area contributed by atoms with E-state index in [1.807, 2.05) is 0 Å². The first kappa shape index (κ1) is 40.9. The lowest BCUT2D eigenvalue weighted by atomic mass is 10.0. The molecule has 0 aromatic carbocycles. The van der Waals surface area contributed by atoms with Gasteiger partial charge in [0.25, 0.3) is 0 Å². The van der Waals surface area contributed by atoms with Gasteiger partial charge in [0.2, 0.25) is 0 Å². The molecule has 0 aromatic heterocycles. The highest BCUT2D eigenvalue weighted by molar-refractivity contribution is 5.81. The molecule has 250 valence electrons. The van der Waals surface area contributed by atoms with Crippen molar-refractivity contribution in [3.05, 3.63) is 0 Å². The molecule has 0 aromatic rings. The summed E-state index contributed by atoms with van der Waals surface area (Å²) < 4.78 is 5.32. The van der Waals surface area contributed by atoms with E-state index >= 15 is 0 Å². The Hall–Kier alpha value is -1.10. The number of esters is 1. The van der Waals surface area contributed by atoms with Gasteiger partial charge in [-0.2, -0.15) is 0 Å². The SMILES string of the molecule is CCCCCCCCCCCCCCCCCOC(=O)CC(NCCCCCCCCCCCCCCCC)C(=O)O. The molecular weight excluding hydrogens is 522 g/mol. The van der Waals surface area contributed by atoms with Crippen molar-refractivity contribution in [2.45, 2.75) is 213 Å². The molecule has 0 aliphatic rings. The zero-order valence-corrected chi connectivity index (χ0v) is 28.4. The van der Waals surface area contributed by atoms with Crippen molar-refractivity contribution in [1.29, 1.82) is 0 Å². The maximum absolute atomic E-state index is 12.1. The van der Waals surface area contributed by atoms with Crippen molar-refractivity contribution in [2.75, 3.05) is 13.2 Å². The molecule has 0 fully saturated rings. The van der Waals surface area contributed by atoms with Gasteiger partial charge in [-0.25, -0.2) is 0 Å². The van der Waals surface area contributed by atoms with Crippen molar-refractivity contribution < 1.29 is 19.4 Å². The zero-order chi connectivity index (χ0) is 30.8. The van der Waals surface area contributed by atoms with Crippen molar-refractivity contribution in [1.82, 2.24) is 5.32 Å². The van der Waals surface area contributed by atoms with Gasteiger partial charge in [0, 0.05) is 0 Å². The summed E-state index contributed by atoms with van der Waals surface area (Å²) in [6.07, 6.45) is 37.7. The van der Waals surface area contributed by atoms with E-state index in [0.717, 1.165) is 25.7 Å². The Kier molecular flexibility index (Phi) is 33.5. The molecule has 0 spiro atoms. The Balaban J connectivity index is 3.50. The molecule has 0 amide bonds. The molecule has 1 unspecified atom stereocenters. The molecule has 0 rings (SSSR count). The summed E-state index contributed by atoms with van der Waals surface area (Å²) in [5.41, 5.74) is 0. The van der Waals surface area contributed by atoms with Gasteiger partial charge < -0.3 is 15.2 Å². The van der Waals surface area contributed by atoms with E-state index < -0.39 is 18.0 Å². The van der Waals surface area contributed by atoms with Gasteiger partial charge in [0.1, 0.15) is 6.04 Å². The van der Waals surface area contributed by atoms with E-state index in [9.17, 15) is 14.7 Å². The molecule has 0 saturated carbocycles. The van der Waals surface area contributed by atoms with Crippen LogP contribution in [0.15, 0.2) is 0 Å². The number of carbonyl (C=O) groups is 2. The van der Waals surface area contributed by atoms with Gasteiger partial charge in [-0.1, -0.05) is 187 Å². The van der Waals surface area contributed by atoms with Gasteiger partial charge >= 0.3 is 11.9 Å². The number of hydrogen-bond acceptors (Lipinski definition) is 4. The van der Waals surface area contributed by atoms with Crippen LogP contribution in [0.4, 0.5) is 0 Å². The first-order valence-electron chi connectivity index (χ1n) is 18.7. The van der Waals surface area contributed by atoms with Crippen molar-refractivity contribution >= 4 is 11.9 Å². The van der Waals surface area contributed by atoms with Crippen LogP contribution in [0.5, 0.6) is 0 Å². The molecule has 0 aliphatic carbocycles. The molecule has 0 saturated heterocycles. The second-order valence-corrected chi connectivity index (χ2v) is 12.8. The largest absolute Gasteiger partial charge is 0.480 e. The predicted molar refractivity (Wildman–Crippen MR) is 180 cm³/mol. The van der Waals surface area contributed by atoms with E-state index in [2.05, 4.69) is 19.2 Å². The first-order valence-corrected chi connectivity index (χ1v) is 18.7. The molecular formula is C37H73NO4. The van der Waals surface area contributed by atoms with Crippen LogP contribution in [0.1, 0.15) is 206 Å². The summed E-state index contributed by atoms with van der Waals surface area (Å²) in [5, 5.41) is 12.5. The summed E-state index contributed by atoms with van der Waals surface area (Å²) in [5.74, 6) is -1.37. The summed E-state index contributed by atoms with van der Waals surface area (Å²) >= 11 is 0. The third-order valence-corrected chi connectivity index (χ3v) is 8.60. The number of hydrogen-bond donors (Lipinski definition) is 2. The van der Waals surface area contributed by atoms with E-state index in [1.54, 1.807) is 0 Å². The quantitative estimate of drug-likeness (QED) is 0.0563. The lowest BCUT2D eigenvalue weighted by molar-refractivity contribution is -0.149. The highest BCUT2D eigenvalue weighted by atomic mass is 16.5. The molecule has 0 radical (unpaired) electrons. The summed E-state index contributed by atoms with van der Waals surface area (Å²) in [6.45, 7) is 5.59. The second-order valence-electron chi connectivity index (χ2n) is 12.8. The van der Waals surface area contributed by atoms with Crippen molar-refractivity contribution in [3.8, 4) is 0 Å². The number of rotatable bonds is 35. The number of carbonyl (C=O) groups excluding carboxylic acids is 1. The summed E-state index contributed by atoms with van der Waals surface area (Å²) in [7, 11) is 0. The average Bonchev–Trinajstić information content (AvgIpc) is 2.98. The molecule has 42 heavy (non-hydrogen) atoms. The van der Waals surface area contributed by atoms with Crippen LogP contribution in [0, 0.1) is 0 Å². The fourth-order valence-corrected chi connectivity index (χ4v) is 5.73. The van der Waals surface area contributed by atoms with E-state index in [4.69, 9.17) is 4.74 Å².